The quantitative estimate of drug-likeness (QED) is 0.389. The van der Waals surface area contributed by atoms with E-state index in [1.807, 2.05) is 6.92 Å². The molecule has 4 N–H and O–H groups in total. The number of carbonyl (C=O) groups is 3. The summed E-state index contributed by atoms with van der Waals surface area (Å²) in [6.45, 7) is 2.62. The van der Waals surface area contributed by atoms with Crippen molar-refractivity contribution in [2.75, 3.05) is 33.3 Å². The summed E-state index contributed by atoms with van der Waals surface area (Å²) in [5.41, 5.74) is 4.57. The molecule has 1 aromatic rings. The molecule has 138 valence electrons. The Hall–Kier alpha value is -2.13. The number of hydrazine groups is 1. The molecule has 0 aliphatic rings. The van der Waals surface area contributed by atoms with Crippen LogP contribution in [0.25, 0.3) is 0 Å². The predicted molar refractivity (Wildman–Crippen MR) is 95.8 cm³/mol. The molecule has 0 heterocycles. The van der Waals surface area contributed by atoms with Gasteiger partial charge in [0.2, 0.25) is 0 Å². The van der Waals surface area contributed by atoms with Crippen molar-refractivity contribution in [3.8, 4) is 5.75 Å². The molecular weight excluding hydrogens is 392 g/mol. The topological polar surface area (TPSA) is 101 Å². The minimum absolute atomic E-state index is 0.0629. The summed E-state index contributed by atoms with van der Waals surface area (Å²) in [6.07, 6.45) is 0.861. The summed E-state index contributed by atoms with van der Waals surface area (Å²) < 4.78 is 6.19. The van der Waals surface area contributed by atoms with Gasteiger partial charge in [0.1, 0.15) is 5.75 Å². The summed E-state index contributed by atoms with van der Waals surface area (Å²) in [5.74, 6) is -0.432. The summed E-state index contributed by atoms with van der Waals surface area (Å²) in [5, 5.41) is 2.74. The van der Waals surface area contributed by atoms with Crippen molar-refractivity contribution in [1.82, 2.24) is 16.2 Å². The largest absolute Gasteiger partial charge is 0.484 e. The van der Waals surface area contributed by atoms with Gasteiger partial charge in [-0.25, -0.2) is 0 Å². The molecule has 25 heavy (non-hydrogen) atoms. The molecule has 0 bridgehead atoms. The van der Waals surface area contributed by atoms with Crippen LogP contribution in [-0.2, 0) is 14.4 Å². The van der Waals surface area contributed by atoms with E-state index in [0.29, 0.717) is 17.2 Å². The number of quaternary nitrogens is 1. The fraction of sp³-hybridized carbons (Fsp3) is 0.438. The van der Waals surface area contributed by atoms with Crippen LogP contribution in [0.15, 0.2) is 28.7 Å². The van der Waals surface area contributed by atoms with E-state index in [4.69, 9.17) is 4.74 Å². The SMILES string of the molecule is CCCNC(=O)C[NH+](C)CC(=O)NNC(=O)COc1ccc(Br)cc1. The number of hydrogen-bond donors (Lipinski definition) is 4. The first-order valence-corrected chi connectivity index (χ1v) is 8.74. The van der Waals surface area contributed by atoms with Gasteiger partial charge in [0, 0.05) is 11.0 Å². The zero-order valence-corrected chi connectivity index (χ0v) is 15.9. The number of halogens is 1. The number of amides is 3. The fourth-order valence-electron chi connectivity index (χ4n) is 1.84. The van der Waals surface area contributed by atoms with Crippen molar-refractivity contribution in [1.29, 1.82) is 0 Å². The minimum Gasteiger partial charge on any atom is -0.484 e. The maximum absolute atomic E-state index is 11.7. The Kier molecular flexibility index (Phi) is 9.56. The van der Waals surface area contributed by atoms with Crippen LogP contribution >= 0.6 is 15.9 Å². The van der Waals surface area contributed by atoms with Gasteiger partial charge in [0.05, 0.1) is 7.05 Å². The third-order valence-corrected chi connectivity index (χ3v) is 3.55. The van der Waals surface area contributed by atoms with E-state index in [0.717, 1.165) is 10.9 Å². The van der Waals surface area contributed by atoms with Crippen LogP contribution in [0.3, 0.4) is 0 Å². The Labute approximate surface area is 155 Å². The number of hydrogen-bond acceptors (Lipinski definition) is 4. The first-order chi connectivity index (χ1) is 11.9. The molecule has 0 aliphatic heterocycles. The molecule has 8 nitrogen and oxygen atoms in total. The van der Waals surface area contributed by atoms with Crippen molar-refractivity contribution in [3.05, 3.63) is 28.7 Å². The van der Waals surface area contributed by atoms with Crippen LogP contribution in [0.4, 0.5) is 0 Å². The lowest BCUT2D eigenvalue weighted by Gasteiger charge is -2.14. The maximum Gasteiger partial charge on any atom is 0.293 e. The molecule has 1 rings (SSSR count). The number of benzene rings is 1. The van der Waals surface area contributed by atoms with E-state index in [-0.39, 0.29) is 25.6 Å². The zero-order chi connectivity index (χ0) is 18.7. The van der Waals surface area contributed by atoms with Crippen LogP contribution < -0.4 is 25.8 Å². The first kappa shape index (κ1) is 20.9. The number of carbonyl (C=O) groups excluding carboxylic acids is 3. The molecule has 9 heteroatoms. The molecule has 1 aromatic carbocycles. The molecule has 0 aromatic heterocycles. The van der Waals surface area contributed by atoms with E-state index in [9.17, 15) is 14.4 Å². The second-order valence-electron chi connectivity index (χ2n) is 5.50. The van der Waals surface area contributed by atoms with Gasteiger partial charge in [0.15, 0.2) is 19.7 Å². The van der Waals surface area contributed by atoms with Crippen LogP contribution in [0.2, 0.25) is 0 Å². The smallest absolute Gasteiger partial charge is 0.293 e. The molecule has 3 amide bonds. The van der Waals surface area contributed by atoms with Gasteiger partial charge in [-0.3, -0.25) is 25.2 Å². The molecule has 1 unspecified atom stereocenters. The normalized spacial score (nSPS) is 11.3. The molecule has 1 atom stereocenters. The van der Waals surface area contributed by atoms with Crippen molar-refractivity contribution >= 4 is 33.7 Å². The maximum atomic E-state index is 11.7. The van der Waals surface area contributed by atoms with Gasteiger partial charge >= 0.3 is 0 Å². The lowest BCUT2D eigenvalue weighted by Crippen LogP contribution is -3.11. The van der Waals surface area contributed by atoms with Gasteiger partial charge in [-0.05, 0) is 30.7 Å². The van der Waals surface area contributed by atoms with Gasteiger partial charge in [0.25, 0.3) is 17.7 Å². The lowest BCUT2D eigenvalue weighted by molar-refractivity contribution is -0.862. The molecule has 0 fully saturated rings. The highest BCUT2D eigenvalue weighted by Crippen LogP contribution is 2.15. The lowest BCUT2D eigenvalue weighted by atomic mass is 10.3. The Morgan fingerprint density at radius 1 is 1.04 bits per heavy atom. The summed E-state index contributed by atoms with van der Waals surface area (Å²) >= 11 is 3.30. The zero-order valence-electron chi connectivity index (χ0n) is 14.4. The van der Waals surface area contributed by atoms with Crippen LogP contribution in [0.5, 0.6) is 5.75 Å². The first-order valence-electron chi connectivity index (χ1n) is 7.94. The minimum atomic E-state index is -0.477. The van der Waals surface area contributed by atoms with Gasteiger partial charge < -0.3 is 15.0 Å². The van der Waals surface area contributed by atoms with E-state index >= 15 is 0 Å². The third-order valence-electron chi connectivity index (χ3n) is 3.02. The second kappa shape index (κ2) is 11.4. The van der Waals surface area contributed by atoms with Crippen molar-refractivity contribution in [3.63, 3.8) is 0 Å². The average molecular weight is 416 g/mol. The monoisotopic (exact) mass is 415 g/mol. The number of likely N-dealkylation sites (N-methyl/N-ethyl adjacent to an activating group) is 1. The Bertz CT molecular complexity index is 580. The molecular formula is C16H24BrN4O4+. The molecule has 0 aliphatic carbocycles. The standard InChI is InChI=1S/C16H23BrN4O4/c1-3-8-18-14(22)9-21(2)10-15(23)19-20-16(24)11-25-13-6-4-12(17)5-7-13/h4-7H,3,8-11H2,1-2H3,(H,18,22)(H,19,23)(H,20,24)/p+1. The second-order valence-corrected chi connectivity index (χ2v) is 6.42. The summed E-state index contributed by atoms with van der Waals surface area (Å²) in [7, 11) is 1.73. The number of nitrogens with one attached hydrogen (secondary N) is 4. The summed E-state index contributed by atoms with van der Waals surface area (Å²) in [4.78, 5) is 35.6. The van der Waals surface area contributed by atoms with E-state index in [1.54, 1.807) is 31.3 Å². The van der Waals surface area contributed by atoms with Crippen molar-refractivity contribution < 1.29 is 24.0 Å². The summed E-state index contributed by atoms with van der Waals surface area (Å²) in [6, 6.07) is 7.03. The molecule has 0 saturated carbocycles. The van der Waals surface area contributed by atoms with E-state index in [1.165, 1.54) is 0 Å². The van der Waals surface area contributed by atoms with Gasteiger partial charge in [-0.15, -0.1) is 0 Å². The number of ether oxygens (including phenoxy) is 1. The van der Waals surface area contributed by atoms with Crippen LogP contribution in [0.1, 0.15) is 13.3 Å². The van der Waals surface area contributed by atoms with Crippen molar-refractivity contribution in [2.24, 2.45) is 0 Å². The Balaban J connectivity index is 2.20. The highest BCUT2D eigenvalue weighted by atomic mass is 79.9. The van der Waals surface area contributed by atoms with Gasteiger partial charge in [-0.1, -0.05) is 22.9 Å². The average Bonchev–Trinajstić information content (AvgIpc) is 2.57. The highest BCUT2D eigenvalue weighted by Gasteiger charge is 2.14. The van der Waals surface area contributed by atoms with Crippen molar-refractivity contribution in [2.45, 2.75) is 13.3 Å². The molecule has 0 radical (unpaired) electrons. The van der Waals surface area contributed by atoms with Crippen LogP contribution in [-0.4, -0.2) is 51.0 Å². The third kappa shape index (κ3) is 9.68. The molecule has 0 saturated heterocycles. The molecule has 0 spiro atoms. The predicted octanol–water partition coefficient (Wildman–Crippen LogP) is -0.984. The van der Waals surface area contributed by atoms with E-state index in [2.05, 4.69) is 32.1 Å². The van der Waals surface area contributed by atoms with Crippen LogP contribution in [0, 0.1) is 0 Å². The Morgan fingerprint density at radius 3 is 2.28 bits per heavy atom. The van der Waals surface area contributed by atoms with E-state index < -0.39 is 11.8 Å². The number of rotatable bonds is 9. The Morgan fingerprint density at radius 2 is 1.64 bits per heavy atom. The van der Waals surface area contributed by atoms with Gasteiger partial charge in [-0.2, -0.15) is 0 Å². The fourth-order valence-corrected chi connectivity index (χ4v) is 2.10. The highest BCUT2D eigenvalue weighted by molar-refractivity contribution is 9.10.